The number of fused-ring (bicyclic) bond motifs is 1. The Morgan fingerprint density at radius 3 is 2.96 bits per heavy atom. The van der Waals surface area contributed by atoms with Gasteiger partial charge in [-0.15, -0.1) is 11.8 Å². The van der Waals surface area contributed by atoms with Crippen LogP contribution < -0.4 is 4.90 Å². The van der Waals surface area contributed by atoms with E-state index in [4.69, 9.17) is 9.15 Å². The number of furan rings is 1. The van der Waals surface area contributed by atoms with Gasteiger partial charge in [0.1, 0.15) is 5.76 Å². The zero-order valence-corrected chi connectivity index (χ0v) is 14.7. The van der Waals surface area contributed by atoms with Crippen molar-refractivity contribution in [3.63, 3.8) is 0 Å². The molecule has 0 unspecified atom stereocenters. The molecule has 1 atom stereocenters. The predicted molar refractivity (Wildman–Crippen MR) is 97.4 cm³/mol. The summed E-state index contributed by atoms with van der Waals surface area (Å²) in [6.45, 7) is 2.48. The number of para-hydroxylation sites is 1. The molecule has 0 saturated heterocycles. The number of nitrogens with zero attached hydrogens (tertiary/aromatic N) is 1. The zero-order valence-electron chi connectivity index (χ0n) is 13.9. The predicted octanol–water partition coefficient (Wildman–Crippen LogP) is 3.75. The first-order chi connectivity index (χ1) is 12.1. The molecular formula is C19H19NO4S. The minimum atomic E-state index is -0.574. The molecule has 1 aromatic carbocycles. The fourth-order valence-electron chi connectivity index (χ4n) is 2.54. The molecule has 25 heavy (non-hydrogen) atoms. The fraction of sp³-hybridized carbons (Fsp3) is 0.263. The van der Waals surface area contributed by atoms with Gasteiger partial charge in [0.15, 0.2) is 6.61 Å². The van der Waals surface area contributed by atoms with E-state index in [2.05, 4.69) is 6.92 Å². The van der Waals surface area contributed by atoms with Crippen molar-refractivity contribution >= 4 is 35.4 Å². The summed E-state index contributed by atoms with van der Waals surface area (Å²) in [7, 11) is 0. The summed E-state index contributed by atoms with van der Waals surface area (Å²) < 4.78 is 10.2. The Bertz CT molecular complexity index is 769. The van der Waals surface area contributed by atoms with Gasteiger partial charge in [-0.1, -0.05) is 19.1 Å². The molecule has 0 aliphatic carbocycles. The maximum atomic E-state index is 12.6. The summed E-state index contributed by atoms with van der Waals surface area (Å²) in [5.74, 6) is -0.242. The summed E-state index contributed by atoms with van der Waals surface area (Å²) in [5, 5.41) is 0.428. The SMILES string of the molecule is C[C@@H]1CCN(C(=O)COC(=O)/C=C/c2ccco2)c2ccccc2S1. The number of carbonyl (C=O) groups excluding carboxylic acids is 2. The zero-order chi connectivity index (χ0) is 17.6. The van der Waals surface area contributed by atoms with Crippen molar-refractivity contribution in [3.8, 4) is 0 Å². The Kier molecular flexibility index (Phi) is 5.60. The second-order valence-corrected chi connectivity index (χ2v) is 7.17. The van der Waals surface area contributed by atoms with E-state index < -0.39 is 5.97 Å². The van der Waals surface area contributed by atoms with Crippen molar-refractivity contribution in [3.05, 3.63) is 54.5 Å². The van der Waals surface area contributed by atoms with Crippen molar-refractivity contribution < 1.29 is 18.7 Å². The van der Waals surface area contributed by atoms with E-state index >= 15 is 0 Å². The van der Waals surface area contributed by atoms with Crippen LogP contribution in [0, 0.1) is 0 Å². The average Bonchev–Trinajstić information content (AvgIpc) is 3.07. The second-order valence-electron chi connectivity index (χ2n) is 5.69. The Balaban J connectivity index is 1.62. The van der Waals surface area contributed by atoms with Crippen LogP contribution in [0.15, 0.2) is 58.1 Å². The van der Waals surface area contributed by atoms with Gasteiger partial charge in [-0.25, -0.2) is 4.79 Å². The van der Waals surface area contributed by atoms with Gasteiger partial charge >= 0.3 is 5.97 Å². The van der Waals surface area contributed by atoms with Crippen molar-refractivity contribution in [1.82, 2.24) is 0 Å². The van der Waals surface area contributed by atoms with Crippen LogP contribution in [0.2, 0.25) is 0 Å². The molecule has 0 bridgehead atoms. The first-order valence-electron chi connectivity index (χ1n) is 8.08. The van der Waals surface area contributed by atoms with Crippen molar-refractivity contribution in [2.75, 3.05) is 18.1 Å². The van der Waals surface area contributed by atoms with Crippen LogP contribution in [0.1, 0.15) is 19.1 Å². The minimum Gasteiger partial charge on any atom is -0.465 e. The standard InChI is InChI=1S/C19H19NO4S/c1-14-10-11-20(16-6-2-3-7-17(16)25-14)18(21)13-24-19(22)9-8-15-5-4-12-23-15/h2-9,12,14H,10-11,13H2,1H3/b9-8+/t14-/m1/s1. The van der Waals surface area contributed by atoms with Crippen LogP contribution >= 0.6 is 11.8 Å². The lowest BCUT2D eigenvalue weighted by atomic mass is 10.2. The van der Waals surface area contributed by atoms with E-state index in [1.807, 2.05) is 24.3 Å². The maximum absolute atomic E-state index is 12.6. The summed E-state index contributed by atoms with van der Waals surface area (Å²) in [6.07, 6.45) is 5.16. The lowest BCUT2D eigenvalue weighted by Gasteiger charge is -2.22. The molecule has 6 heteroatoms. The molecule has 0 N–H and O–H groups in total. The van der Waals surface area contributed by atoms with Crippen LogP contribution in [0.3, 0.4) is 0 Å². The topological polar surface area (TPSA) is 59.8 Å². The molecule has 0 saturated carbocycles. The third kappa shape index (κ3) is 4.54. The van der Waals surface area contributed by atoms with Gasteiger partial charge in [0.25, 0.3) is 5.91 Å². The molecule has 1 aliphatic rings. The first kappa shape index (κ1) is 17.4. The quantitative estimate of drug-likeness (QED) is 0.616. The summed E-state index contributed by atoms with van der Waals surface area (Å²) in [5.41, 5.74) is 0.879. The highest BCUT2D eigenvalue weighted by Crippen LogP contribution is 2.37. The van der Waals surface area contributed by atoms with E-state index in [1.54, 1.807) is 28.8 Å². The number of ether oxygens (including phenoxy) is 1. The van der Waals surface area contributed by atoms with E-state index in [0.717, 1.165) is 17.0 Å². The van der Waals surface area contributed by atoms with Crippen molar-refractivity contribution in [2.24, 2.45) is 0 Å². The summed E-state index contributed by atoms with van der Waals surface area (Å²) in [4.78, 5) is 27.1. The Labute approximate surface area is 150 Å². The molecule has 5 nitrogen and oxygen atoms in total. The van der Waals surface area contributed by atoms with Gasteiger partial charge in [-0.05, 0) is 36.8 Å². The van der Waals surface area contributed by atoms with Crippen LogP contribution in [-0.4, -0.2) is 30.3 Å². The molecule has 130 valence electrons. The van der Waals surface area contributed by atoms with E-state index in [9.17, 15) is 9.59 Å². The lowest BCUT2D eigenvalue weighted by Crippen LogP contribution is -2.35. The molecule has 0 fully saturated rings. The lowest BCUT2D eigenvalue weighted by molar-refractivity contribution is -0.142. The molecule has 0 spiro atoms. The number of hydrogen-bond donors (Lipinski definition) is 0. The summed E-state index contributed by atoms with van der Waals surface area (Å²) >= 11 is 1.76. The molecule has 3 rings (SSSR count). The van der Waals surface area contributed by atoms with Crippen LogP contribution in [-0.2, 0) is 14.3 Å². The van der Waals surface area contributed by atoms with Gasteiger partial charge in [-0.2, -0.15) is 0 Å². The highest BCUT2D eigenvalue weighted by atomic mass is 32.2. The van der Waals surface area contributed by atoms with Gasteiger partial charge in [-0.3, -0.25) is 4.79 Å². The third-order valence-electron chi connectivity index (χ3n) is 3.81. The molecule has 1 amide bonds. The van der Waals surface area contributed by atoms with Gasteiger partial charge < -0.3 is 14.1 Å². The van der Waals surface area contributed by atoms with Gasteiger partial charge in [0.05, 0.1) is 12.0 Å². The Hall–Kier alpha value is -2.47. The molecule has 2 aromatic rings. The Morgan fingerprint density at radius 2 is 2.16 bits per heavy atom. The molecule has 2 heterocycles. The van der Waals surface area contributed by atoms with Crippen LogP contribution in [0.4, 0.5) is 5.69 Å². The molecule has 0 radical (unpaired) electrons. The van der Waals surface area contributed by atoms with E-state index in [-0.39, 0.29) is 12.5 Å². The normalized spacial score (nSPS) is 17.2. The number of rotatable bonds is 4. The average molecular weight is 357 g/mol. The number of hydrogen-bond acceptors (Lipinski definition) is 5. The Morgan fingerprint density at radius 1 is 1.32 bits per heavy atom. The highest BCUT2D eigenvalue weighted by molar-refractivity contribution is 8.00. The largest absolute Gasteiger partial charge is 0.465 e. The number of anilines is 1. The number of carbonyl (C=O) groups is 2. The molecular weight excluding hydrogens is 338 g/mol. The number of benzene rings is 1. The highest BCUT2D eigenvalue weighted by Gasteiger charge is 2.24. The molecule has 1 aromatic heterocycles. The van der Waals surface area contributed by atoms with E-state index in [1.165, 1.54) is 18.4 Å². The van der Waals surface area contributed by atoms with E-state index in [0.29, 0.717) is 17.6 Å². The minimum absolute atomic E-state index is 0.220. The van der Waals surface area contributed by atoms with Crippen LogP contribution in [0.25, 0.3) is 6.08 Å². The van der Waals surface area contributed by atoms with Crippen molar-refractivity contribution in [1.29, 1.82) is 0 Å². The summed E-state index contributed by atoms with van der Waals surface area (Å²) in [6, 6.07) is 11.3. The first-order valence-corrected chi connectivity index (χ1v) is 8.96. The van der Waals surface area contributed by atoms with Crippen molar-refractivity contribution in [2.45, 2.75) is 23.5 Å². The van der Waals surface area contributed by atoms with Gasteiger partial charge in [0, 0.05) is 22.8 Å². The number of thioether (sulfide) groups is 1. The molecule has 1 aliphatic heterocycles. The van der Waals surface area contributed by atoms with Crippen LogP contribution in [0.5, 0.6) is 0 Å². The third-order valence-corrected chi connectivity index (χ3v) is 5.05. The smallest absolute Gasteiger partial charge is 0.331 e. The maximum Gasteiger partial charge on any atom is 0.331 e. The number of amides is 1. The second kappa shape index (κ2) is 8.07. The monoisotopic (exact) mass is 357 g/mol. The number of esters is 1. The van der Waals surface area contributed by atoms with Gasteiger partial charge in [0.2, 0.25) is 0 Å². The fourth-order valence-corrected chi connectivity index (χ4v) is 3.65.